The molecule has 2 aromatic rings. The second-order valence-electron chi connectivity index (χ2n) is 6.56. The molecule has 0 amide bonds. The van der Waals surface area contributed by atoms with Crippen molar-refractivity contribution in [2.24, 2.45) is 0 Å². The predicted octanol–water partition coefficient (Wildman–Crippen LogP) is 1.52. The molecule has 2 heterocycles. The van der Waals surface area contributed by atoms with Crippen molar-refractivity contribution in [2.45, 2.75) is 19.5 Å². The second kappa shape index (κ2) is 5.47. The van der Waals surface area contributed by atoms with Crippen LogP contribution in [0.2, 0.25) is 12.6 Å². The van der Waals surface area contributed by atoms with E-state index in [4.69, 9.17) is 0 Å². The predicted molar refractivity (Wildman–Crippen MR) is 93.7 cm³/mol. The number of ether oxygens (including phenoxy) is 2. The minimum Gasteiger partial charge on any atom is -0.386 e. The SMILES string of the molecule is CC[Si](C)(c1ccc2c(c1)C(=O)OC2=O)c1ccc2c(c1)C(=O)OC2=O. The van der Waals surface area contributed by atoms with E-state index in [0.29, 0.717) is 0 Å². The number of esters is 4. The number of benzene rings is 2. The molecule has 0 aliphatic carbocycles. The lowest BCUT2D eigenvalue weighted by molar-refractivity contribution is 0.0425. The summed E-state index contributed by atoms with van der Waals surface area (Å²) in [7, 11) is -2.30. The molecule has 0 unspecified atom stereocenters. The molecule has 130 valence electrons. The van der Waals surface area contributed by atoms with E-state index in [9.17, 15) is 19.2 Å². The van der Waals surface area contributed by atoms with Crippen molar-refractivity contribution < 1.29 is 28.7 Å². The number of cyclic esters (lactones) is 4. The summed E-state index contributed by atoms with van der Waals surface area (Å²) >= 11 is 0. The Balaban J connectivity index is 1.85. The van der Waals surface area contributed by atoms with Crippen molar-refractivity contribution in [2.75, 3.05) is 0 Å². The molecule has 0 N–H and O–H groups in total. The molecule has 0 atom stereocenters. The fourth-order valence-electron chi connectivity index (χ4n) is 3.43. The number of carbonyl (C=O) groups is 4. The summed E-state index contributed by atoms with van der Waals surface area (Å²) < 4.78 is 9.33. The minimum atomic E-state index is -2.30. The van der Waals surface area contributed by atoms with Crippen LogP contribution >= 0.6 is 0 Å². The summed E-state index contributed by atoms with van der Waals surface area (Å²) in [5.41, 5.74) is 1.09. The van der Waals surface area contributed by atoms with Gasteiger partial charge in [-0.05, 0) is 24.3 Å². The van der Waals surface area contributed by atoms with E-state index >= 15 is 0 Å². The first-order chi connectivity index (χ1) is 12.3. The van der Waals surface area contributed by atoms with Gasteiger partial charge >= 0.3 is 23.9 Å². The molecule has 26 heavy (non-hydrogen) atoms. The van der Waals surface area contributed by atoms with Crippen LogP contribution in [-0.2, 0) is 9.47 Å². The van der Waals surface area contributed by atoms with Gasteiger partial charge in [0.25, 0.3) is 0 Å². The third-order valence-electron chi connectivity index (χ3n) is 5.27. The maximum atomic E-state index is 11.9. The average Bonchev–Trinajstić information content (AvgIpc) is 3.09. The van der Waals surface area contributed by atoms with E-state index in [1.165, 1.54) is 0 Å². The Kier molecular flexibility index (Phi) is 3.45. The van der Waals surface area contributed by atoms with Crippen molar-refractivity contribution in [3.8, 4) is 0 Å². The van der Waals surface area contributed by atoms with E-state index in [1.807, 2.05) is 19.1 Å². The van der Waals surface area contributed by atoms with Gasteiger partial charge in [-0.1, -0.05) is 42.0 Å². The van der Waals surface area contributed by atoms with Crippen molar-refractivity contribution >= 4 is 42.3 Å². The van der Waals surface area contributed by atoms with E-state index in [2.05, 4.69) is 16.0 Å². The highest BCUT2D eigenvalue weighted by Crippen LogP contribution is 2.23. The Labute approximate surface area is 149 Å². The summed E-state index contributed by atoms with van der Waals surface area (Å²) in [6.45, 7) is 4.15. The molecule has 7 heteroatoms. The Morgan fingerprint density at radius 1 is 0.692 bits per heavy atom. The summed E-state index contributed by atoms with van der Waals surface area (Å²) in [5, 5.41) is 1.89. The van der Waals surface area contributed by atoms with E-state index in [-0.39, 0.29) is 22.3 Å². The summed E-state index contributed by atoms with van der Waals surface area (Å²) in [4.78, 5) is 47.1. The molecular weight excluding hydrogens is 352 g/mol. The van der Waals surface area contributed by atoms with Crippen molar-refractivity contribution in [1.82, 2.24) is 0 Å². The Morgan fingerprint density at radius 3 is 1.46 bits per heavy atom. The number of fused-ring (bicyclic) bond motifs is 2. The van der Waals surface area contributed by atoms with Gasteiger partial charge in [-0.2, -0.15) is 0 Å². The highest BCUT2D eigenvalue weighted by atomic mass is 28.3. The first-order valence-electron chi connectivity index (χ1n) is 8.17. The molecule has 0 radical (unpaired) electrons. The highest BCUT2D eigenvalue weighted by molar-refractivity contribution is 7.01. The number of hydrogen-bond donors (Lipinski definition) is 0. The minimum absolute atomic E-state index is 0.273. The van der Waals surface area contributed by atoms with E-state index in [0.717, 1.165) is 16.4 Å². The lowest BCUT2D eigenvalue weighted by Gasteiger charge is -2.27. The number of hydrogen-bond acceptors (Lipinski definition) is 6. The number of rotatable bonds is 3. The van der Waals surface area contributed by atoms with Crippen molar-refractivity contribution in [1.29, 1.82) is 0 Å². The second-order valence-corrected chi connectivity index (χ2v) is 11.1. The molecule has 0 spiro atoms. The van der Waals surface area contributed by atoms with Gasteiger partial charge in [0.2, 0.25) is 0 Å². The van der Waals surface area contributed by atoms with Crippen LogP contribution in [0.3, 0.4) is 0 Å². The zero-order valence-corrected chi connectivity index (χ0v) is 15.1. The zero-order valence-electron chi connectivity index (χ0n) is 14.1. The standard InChI is InChI=1S/C19H14O6Si/c1-3-26(2,10-4-6-12-14(8-10)18(22)24-16(12)20)11-5-7-13-15(9-11)19(23)25-17(13)21/h4-9H,3H2,1-2H3. The Morgan fingerprint density at radius 2 is 1.08 bits per heavy atom. The normalized spacial score (nSPS) is 15.6. The quantitative estimate of drug-likeness (QED) is 0.465. The van der Waals surface area contributed by atoms with Crippen LogP contribution in [0, 0.1) is 0 Å². The van der Waals surface area contributed by atoms with Gasteiger partial charge in [-0.25, -0.2) is 19.2 Å². The number of carbonyl (C=O) groups excluding carboxylic acids is 4. The van der Waals surface area contributed by atoms with Gasteiger partial charge in [0.15, 0.2) is 0 Å². The van der Waals surface area contributed by atoms with Crippen LogP contribution < -0.4 is 10.4 Å². The fraction of sp³-hybridized carbons (Fsp3) is 0.158. The summed E-state index contributed by atoms with van der Waals surface area (Å²) in [5.74, 6) is -2.53. The van der Waals surface area contributed by atoms with Gasteiger partial charge in [0.05, 0.1) is 22.3 Å². The van der Waals surface area contributed by atoms with Crippen molar-refractivity contribution in [3.63, 3.8) is 0 Å². The Hall–Kier alpha value is -3.06. The first-order valence-corrected chi connectivity index (χ1v) is 10.9. The molecule has 0 saturated heterocycles. The smallest absolute Gasteiger partial charge is 0.346 e. The van der Waals surface area contributed by atoms with Gasteiger partial charge < -0.3 is 9.47 Å². The third kappa shape index (κ3) is 2.17. The molecule has 0 saturated carbocycles. The molecule has 6 nitrogen and oxygen atoms in total. The maximum Gasteiger partial charge on any atom is 0.346 e. The molecule has 0 bridgehead atoms. The highest BCUT2D eigenvalue weighted by Gasteiger charge is 2.37. The zero-order chi connectivity index (χ0) is 18.6. The average molecular weight is 366 g/mol. The third-order valence-corrected chi connectivity index (χ3v) is 9.86. The lowest BCUT2D eigenvalue weighted by Crippen LogP contribution is -2.55. The topological polar surface area (TPSA) is 86.7 Å². The molecule has 2 aromatic carbocycles. The van der Waals surface area contributed by atoms with Gasteiger partial charge in [0.1, 0.15) is 8.07 Å². The molecular formula is C19H14O6Si. The van der Waals surface area contributed by atoms with Crippen LogP contribution in [0.15, 0.2) is 36.4 Å². The van der Waals surface area contributed by atoms with Gasteiger partial charge in [-0.3, -0.25) is 0 Å². The van der Waals surface area contributed by atoms with Crippen LogP contribution in [0.4, 0.5) is 0 Å². The van der Waals surface area contributed by atoms with Crippen LogP contribution in [0.25, 0.3) is 0 Å². The van der Waals surface area contributed by atoms with E-state index < -0.39 is 32.0 Å². The van der Waals surface area contributed by atoms with Crippen molar-refractivity contribution in [3.05, 3.63) is 58.7 Å². The van der Waals surface area contributed by atoms with Gasteiger partial charge in [0, 0.05) is 0 Å². The summed E-state index contributed by atoms with van der Waals surface area (Å²) in [6.07, 6.45) is 0. The van der Waals surface area contributed by atoms with Crippen LogP contribution in [0.1, 0.15) is 48.4 Å². The molecule has 2 aliphatic rings. The Bertz CT molecular complexity index is 945. The van der Waals surface area contributed by atoms with E-state index in [1.54, 1.807) is 24.3 Å². The lowest BCUT2D eigenvalue weighted by atomic mass is 10.1. The molecule has 2 aliphatic heterocycles. The first kappa shape index (κ1) is 16.4. The largest absolute Gasteiger partial charge is 0.386 e. The van der Waals surface area contributed by atoms with Crippen LogP contribution in [-0.4, -0.2) is 32.0 Å². The summed E-state index contributed by atoms with van der Waals surface area (Å²) in [6, 6.07) is 11.1. The molecule has 0 aromatic heterocycles. The maximum absolute atomic E-state index is 11.9. The molecule has 0 fully saturated rings. The van der Waals surface area contributed by atoms with Crippen LogP contribution in [0.5, 0.6) is 0 Å². The fourth-order valence-corrected chi connectivity index (χ4v) is 6.41. The molecule has 4 rings (SSSR count). The van der Waals surface area contributed by atoms with Gasteiger partial charge in [-0.15, -0.1) is 0 Å². The monoisotopic (exact) mass is 366 g/mol.